The first-order valence-electron chi connectivity index (χ1n) is 6.93. The van der Waals surface area contributed by atoms with Gasteiger partial charge in [-0.2, -0.15) is 0 Å². The van der Waals surface area contributed by atoms with Crippen molar-refractivity contribution in [3.63, 3.8) is 0 Å². The van der Waals surface area contributed by atoms with Gasteiger partial charge in [-0.25, -0.2) is 8.78 Å². The van der Waals surface area contributed by atoms with Crippen LogP contribution in [0.25, 0.3) is 0 Å². The fourth-order valence-corrected chi connectivity index (χ4v) is 2.25. The first-order valence-corrected chi connectivity index (χ1v) is 6.93. The van der Waals surface area contributed by atoms with Crippen LogP contribution in [0.2, 0.25) is 0 Å². The van der Waals surface area contributed by atoms with E-state index in [9.17, 15) is 13.6 Å². The Morgan fingerprint density at radius 2 is 1.91 bits per heavy atom. The van der Waals surface area contributed by atoms with E-state index in [1.54, 1.807) is 4.90 Å². The van der Waals surface area contributed by atoms with Gasteiger partial charge in [0.2, 0.25) is 0 Å². The number of aliphatic carboxylic acids is 1. The maximum Gasteiger partial charge on any atom is 0.305 e. The standard InChI is InChI=1S/C17H17F2NO2/c1-12-4-2-3-5-13(12)11-20(9-8-17(21)22)16-7-6-14(18)10-15(16)19/h2-7,10H,8-9,11H2,1H3,(H,21,22). The van der Waals surface area contributed by atoms with Crippen LogP contribution in [0.3, 0.4) is 0 Å². The SMILES string of the molecule is Cc1ccccc1CN(CCC(=O)O)c1ccc(F)cc1F. The number of carbonyl (C=O) groups is 1. The summed E-state index contributed by atoms with van der Waals surface area (Å²) in [6.07, 6.45) is -0.122. The zero-order valence-electron chi connectivity index (χ0n) is 12.2. The van der Waals surface area contributed by atoms with Crippen molar-refractivity contribution in [1.82, 2.24) is 0 Å². The Kier molecular flexibility index (Phi) is 5.09. The summed E-state index contributed by atoms with van der Waals surface area (Å²) >= 11 is 0. The van der Waals surface area contributed by atoms with E-state index in [0.717, 1.165) is 17.2 Å². The van der Waals surface area contributed by atoms with Crippen LogP contribution in [-0.2, 0) is 11.3 Å². The molecule has 1 N–H and O–H groups in total. The van der Waals surface area contributed by atoms with E-state index in [4.69, 9.17) is 5.11 Å². The van der Waals surface area contributed by atoms with Crippen LogP contribution in [0, 0.1) is 18.6 Å². The minimum absolute atomic E-state index is 0.122. The predicted molar refractivity (Wildman–Crippen MR) is 80.8 cm³/mol. The summed E-state index contributed by atoms with van der Waals surface area (Å²) in [7, 11) is 0. The lowest BCUT2D eigenvalue weighted by atomic mass is 10.1. The van der Waals surface area contributed by atoms with Crippen molar-refractivity contribution >= 4 is 11.7 Å². The molecule has 3 nitrogen and oxygen atoms in total. The van der Waals surface area contributed by atoms with Crippen LogP contribution in [0.15, 0.2) is 42.5 Å². The summed E-state index contributed by atoms with van der Waals surface area (Å²) in [5.41, 5.74) is 2.20. The molecule has 0 atom stereocenters. The molecule has 22 heavy (non-hydrogen) atoms. The highest BCUT2D eigenvalue weighted by Gasteiger charge is 2.15. The van der Waals surface area contributed by atoms with Crippen LogP contribution < -0.4 is 4.90 Å². The number of carboxylic acid groups (broad SMARTS) is 1. The Hall–Kier alpha value is -2.43. The largest absolute Gasteiger partial charge is 0.481 e. The lowest BCUT2D eigenvalue weighted by Crippen LogP contribution is -2.27. The second-order valence-corrected chi connectivity index (χ2v) is 5.09. The highest BCUT2D eigenvalue weighted by atomic mass is 19.1. The van der Waals surface area contributed by atoms with Crippen molar-refractivity contribution in [2.45, 2.75) is 19.9 Å². The molecule has 0 unspecified atom stereocenters. The summed E-state index contributed by atoms with van der Waals surface area (Å²) in [5, 5.41) is 8.86. The summed E-state index contributed by atoms with van der Waals surface area (Å²) in [5.74, 6) is -2.31. The van der Waals surface area contributed by atoms with Crippen LogP contribution >= 0.6 is 0 Å². The van der Waals surface area contributed by atoms with Gasteiger partial charge < -0.3 is 10.0 Å². The maximum atomic E-state index is 14.0. The lowest BCUT2D eigenvalue weighted by molar-refractivity contribution is -0.136. The zero-order chi connectivity index (χ0) is 16.1. The van der Waals surface area contributed by atoms with E-state index in [1.165, 1.54) is 12.1 Å². The number of hydrogen-bond donors (Lipinski definition) is 1. The fraction of sp³-hybridized carbons (Fsp3) is 0.235. The van der Waals surface area contributed by atoms with Crippen molar-refractivity contribution in [2.24, 2.45) is 0 Å². The average molecular weight is 305 g/mol. The van der Waals surface area contributed by atoms with Crippen LogP contribution in [0.4, 0.5) is 14.5 Å². The predicted octanol–water partition coefficient (Wildman–Crippen LogP) is 3.75. The highest BCUT2D eigenvalue weighted by molar-refractivity contribution is 5.67. The Morgan fingerprint density at radius 3 is 2.55 bits per heavy atom. The van der Waals surface area contributed by atoms with Gasteiger partial charge in [-0.15, -0.1) is 0 Å². The van der Waals surface area contributed by atoms with E-state index < -0.39 is 17.6 Å². The third kappa shape index (κ3) is 4.04. The third-order valence-electron chi connectivity index (χ3n) is 3.47. The van der Waals surface area contributed by atoms with Gasteiger partial charge in [-0.3, -0.25) is 4.79 Å². The highest BCUT2D eigenvalue weighted by Crippen LogP contribution is 2.23. The average Bonchev–Trinajstić information content (AvgIpc) is 2.46. The summed E-state index contributed by atoms with van der Waals surface area (Å²) < 4.78 is 27.1. The number of rotatable bonds is 6. The first kappa shape index (κ1) is 15.9. The molecule has 0 aliphatic carbocycles. The molecule has 0 spiro atoms. The minimum atomic E-state index is -0.961. The van der Waals surface area contributed by atoms with Crippen molar-refractivity contribution in [3.05, 3.63) is 65.2 Å². The maximum absolute atomic E-state index is 14.0. The van der Waals surface area contributed by atoms with Crippen LogP contribution in [0.1, 0.15) is 17.5 Å². The van der Waals surface area contributed by atoms with E-state index in [0.29, 0.717) is 6.54 Å². The summed E-state index contributed by atoms with van der Waals surface area (Å²) in [4.78, 5) is 12.4. The van der Waals surface area contributed by atoms with Gasteiger partial charge in [-0.05, 0) is 30.2 Å². The smallest absolute Gasteiger partial charge is 0.305 e. The molecule has 0 aliphatic rings. The summed E-state index contributed by atoms with van der Waals surface area (Å²) in [6.45, 7) is 2.44. The van der Waals surface area contributed by atoms with Gasteiger partial charge in [0.1, 0.15) is 11.6 Å². The van der Waals surface area contributed by atoms with Gasteiger partial charge in [0.15, 0.2) is 0 Å². The number of benzene rings is 2. The van der Waals surface area contributed by atoms with Crippen molar-refractivity contribution in [3.8, 4) is 0 Å². The van der Waals surface area contributed by atoms with Crippen molar-refractivity contribution in [2.75, 3.05) is 11.4 Å². The molecule has 0 amide bonds. The minimum Gasteiger partial charge on any atom is -0.481 e. The molecule has 0 heterocycles. The van der Waals surface area contributed by atoms with Crippen molar-refractivity contribution in [1.29, 1.82) is 0 Å². The van der Waals surface area contributed by atoms with Gasteiger partial charge >= 0.3 is 5.97 Å². The number of carboxylic acids is 1. The molecular weight excluding hydrogens is 288 g/mol. The second kappa shape index (κ2) is 7.02. The van der Waals surface area contributed by atoms with Gasteiger partial charge in [0.05, 0.1) is 12.1 Å². The molecule has 0 aliphatic heterocycles. The Balaban J connectivity index is 2.29. The van der Waals surface area contributed by atoms with E-state index in [2.05, 4.69) is 0 Å². The molecule has 2 rings (SSSR count). The molecule has 0 fully saturated rings. The first-order chi connectivity index (χ1) is 10.5. The number of aryl methyl sites for hydroxylation is 1. The Labute approximate surface area is 127 Å². The lowest BCUT2D eigenvalue weighted by Gasteiger charge is -2.25. The summed E-state index contributed by atoms with van der Waals surface area (Å²) in [6, 6.07) is 10.9. The third-order valence-corrected chi connectivity index (χ3v) is 3.47. The van der Waals surface area contributed by atoms with Gasteiger partial charge in [0, 0.05) is 19.2 Å². The zero-order valence-corrected chi connectivity index (χ0v) is 12.2. The van der Waals surface area contributed by atoms with Gasteiger partial charge in [0.25, 0.3) is 0 Å². The molecule has 0 saturated carbocycles. The van der Waals surface area contributed by atoms with Crippen LogP contribution in [-0.4, -0.2) is 17.6 Å². The number of anilines is 1. The second-order valence-electron chi connectivity index (χ2n) is 5.09. The molecule has 2 aromatic carbocycles. The fourth-order valence-electron chi connectivity index (χ4n) is 2.25. The molecule has 2 aromatic rings. The van der Waals surface area contributed by atoms with E-state index in [1.807, 2.05) is 31.2 Å². The molecule has 0 bridgehead atoms. The molecule has 0 aromatic heterocycles. The number of halogens is 2. The van der Waals surface area contributed by atoms with Crippen molar-refractivity contribution < 1.29 is 18.7 Å². The topological polar surface area (TPSA) is 40.5 Å². The molecular formula is C17H17F2NO2. The quantitative estimate of drug-likeness (QED) is 0.883. The number of hydrogen-bond acceptors (Lipinski definition) is 2. The molecule has 5 heteroatoms. The van der Waals surface area contributed by atoms with E-state index >= 15 is 0 Å². The Morgan fingerprint density at radius 1 is 1.18 bits per heavy atom. The van der Waals surface area contributed by atoms with Crippen LogP contribution in [0.5, 0.6) is 0 Å². The molecule has 0 saturated heterocycles. The normalized spacial score (nSPS) is 10.5. The van der Waals surface area contributed by atoms with E-state index in [-0.39, 0.29) is 18.7 Å². The number of nitrogens with zero attached hydrogens (tertiary/aromatic N) is 1. The Bertz CT molecular complexity index is 673. The monoisotopic (exact) mass is 305 g/mol. The molecule has 116 valence electrons. The molecule has 0 radical (unpaired) electrons. The van der Waals surface area contributed by atoms with Gasteiger partial charge in [-0.1, -0.05) is 24.3 Å².